The molecule has 0 bridgehead atoms. The molecule has 46 heavy (non-hydrogen) atoms. The fourth-order valence-electron chi connectivity index (χ4n) is 7.17. The summed E-state index contributed by atoms with van der Waals surface area (Å²) in [4.78, 5) is 15.0. The highest BCUT2D eigenvalue weighted by atomic mass is 16.3. The van der Waals surface area contributed by atoms with Crippen LogP contribution in [0.15, 0.2) is 159 Å². The topological polar surface area (TPSA) is 50.2 Å². The zero-order valence-corrected chi connectivity index (χ0v) is 25.7. The van der Waals surface area contributed by atoms with Gasteiger partial charge >= 0.3 is 0 Å². The van der Waals surface area contributed by atoms with Gasteiger partial charge in [-0.25, -0.2) is 4.99 Å². The normalized spacial score (nSPS) is 20.1. The van der Waals surface area contributed by atoms with Crippen LogP contribution < -0.4 is 0 Å². The fraction of sp³-hybridized carbons (Fsp3) is 0.167. The van der Waals surface area contributed by atoms with Gasteiger partial charge in [0.2, 0.25) is 0 Å². The molecule has 224 valence electrons. The Hall–Kier alpha value is -5.35. The van der Waals surface area contributed by atoms with E-state index in [1.165, 1.54) is 27.6 Å². The van der Waals surface area contributed by atoms with Crippen LogP contribution in [0.25, 0.3) is 22.1 Å². The zero-order chi connectivity index (χ0) is 30.9. The van der Waals surface area contributed by atoms with Gasteiger partial charge in [0.25, 0.3) is 0 Å². The highest BCUT2D eigenvalue weighted by molar-refractivity contribution is 6.16. The first-order chi connectivity index (χ1) is 22.8. The molecule has 4 nitrogen and oxygen atoms in total. The number of fused-ring (bicyclic) bond motifs is 5. The van der Waals surface area contributed by atoms with E-state index < -0.39 is 0 Å². The quantitative estimate of drug-likeness (QED) is 0.172. The number of allylic oxidation sites excluding steroid dienone is 6. The van der Waals surface area contributed by atoms with E-state index >= 15 is 0 Å². The molecule has 1 aliphatic heterocycles. The number of hydrogen-bond donors (Lipinski definition) is 0. The summed E-state index contributed by atoms with van der Waals surface area (Å²) >= 11 is 0. The minimum atomic E-state index is -0.0475. The molecule has 4 aromatic carbocycles. The monoisotopic (exact) mass is 597 g/mol. The molecule has 1 aromatic heterocycles. The van der Waals surface area contributed by atoms with Crippen LogP contribution in [-0.4, -0.2) is 18.1 Å². The molecule has 5 aromatic rings. The first-order valence-electron chi connectivity index (χ1n) is 16.2. The van der Waals surface area contributed by atoms with Crippen molar-refractivity contribution in [3.8, 4) is 11.1 Å². The van der Waals surface area contributed by atoms with Crippen LogP contribution in [0.1, 0.15) is 59.2 Å². The van der Waals surface area contributed by atoms with Crippen molar-refractivity contribution in [1.82, 2.24) is 0 Å². The predicted molar refractivity (Wildman–Crippen MR) is 190 cm³/mol. The maximum Gasteiger partial charge on any atom is 0.158 e. The minimum absolute atomic E-state index is 0.0475. The number of benzene rings is 4. The van der Waals surface area contributed by atoms with Crippen molar-refractivity contribution in [2.24, 2.45) is 20.9 Å². The van der Waals surface area contributed by atoms with E-state index in [9.17, 15) is 0 Å². The van der Waals surface area contributed by atoms with Crippen molar-refractivity contribution >= 4 is 29.1 Å². The van der Waals surface area contributed by atoms with Gasteiger partial charge in [-0.1, -0.05) is 109 Å². The van der Waals surface area contributed by atoms with Gasteiger partial charge in [-0.05, 0) is 72.5 Å². The van der Waals surface area contributed by atoms with Crippen LogP contribution in [-0.2, 0) is 6.54 Å². The van der Waals surface area contributed by atoms with Gasteiger partial charge in [0.15, 0.2) is 5.76 Å². The second-order valence-electron chi connectivity index (χ2n) is 12.3. The molecular weight excluding hydrogens is 562 g/mol. The van der Waals surface area contributed by atoms with Crippen molar-refractivity contribution in [3.63, 3.8) is 0 Å². The Morgan fingerprint density at radius 3 is 2.52 bits per heavy atom. The molecule has 0 saturated carbocycles. The summed E-state index contributed by atoms with van der Waals surface area (Å²) in [6.45, 7) is 4.59. The van der Waals surface area contributed by atoms with Gasteiger partial charge in [0.05, 0.1) is 12.6 Å². The van der Waals surface area contributed by atoms with E-state index in [1.54, 1.807) is 0 Å². The van der Waals surface area contributed by atoms with E-state index in [4.69, 9.17) is 14.4 Å². The summed E-state index contributed by atoms with van der Waals surface area (Å²) in [7, 11) is 0. The lowest BCUT2D eigenvalue weighted by Crippen LogP contribution is -2.22. The standard InChI is InChI=1S/C42H35N3O/c1-43-40(31-24-22-30(23-25-31)29-13-3-2-4-14-29)34-17-6-8-19-36(34)44-27-28-12-11-15-32(26-28)41-42-39(33-16-5-9-20-37(33)45-41)35-18-7-10-21-38(35)46-42/h2-5,7-15,18-26,33-34,40H,1,6,16-17,27H2. The van der Waals surface area contributed by atoms with Gasteiger partial charge in [0, 0.05) is 39.8 Å². The largest absolute Gasteiger partial charge is 0.454 e. The number of aliphatic imine (C=N–C) groups is 3. The van der Waals surface area contributed by atoms with Crippen LogP contribution in [0.4, 0.5) is 0 Å². The number of hydrogen-bond acceptors (Lipinski definition) is 4. The van der Waals surface area contributed by atoms with Crippen molar-refractivity contribution in [3.05, 3.63) is 167 Å². The Balaban J connectivity index is 1.08. The molecule has 3 unspecified atom stereocenters. The Morgan fingerprint density at radius 2 is 1.65 bits per heavy atom. The first kappa shape index (κ1) is 28.1. The fourth-order valence-corrected chi connectivity index (χ4v) is 7.17. The smallest absolute Gasteiger partial charge is 0.158 e. The molecular formula is C42H35N3O. The molecule has 0 saturated heterocycles. The summed E-state index contributed by atoms with van der Waals surface area (Å²) in [5.41, 5.74) is 11.0. The predicted octanol–water partition coefficient (Wildman–Crippen LogP) is 10.2. The molecule has 2 heterocycles. The second-order valence-corrected chi connectivity index (χ2v) is 12.3. The van der Waals surface area contributed by atoms with E-state index in [-0.39, 0.29) is 17.9 Å². The van der Waals surface area contributed by atoms with E-state index in [0.29, 0.717) is 6.54 Å². The van der Waals surface area contributed by atoms with Gasteiger partial charge in [0.1, 0.15) is 11.3 Å². The Kier molecular flexibility index (Phi) is 7.47. The number of para-hydroxylation sites is 1. The molecule has 8 rings (SSSR count). The third kappa shape index (κ3) is 5.20. The molecule has 0 radical (unpaired) electrons. The Labute approximate surface area is 270 Å². The summed E-state index contributed by atoms with van der Waals surface area (Å²) < 4.78 is 6.49. The summed E-state index contributed by atoms with van der Waals surface area (Å²) in [5, 5.41) is 1.17. The first-order valence-corrected chi connectivity index (χ1v) is 16.2. The van der Waals surface area contributed by atoms with Crippen molar-refractivity contribution in [2.75, 3.05) is 0 Å². The third-order valence-corrected chi connectivity index (χ3v) is 9.46. The number of nitrogens with zero attached hydrogens (tertiary/aromatic N) is 3. The van der Waals surface area contributed by atoms with Crippen LogP contribution >= 0.6 is 0 Å². The average Bonchev–Trinajstić information content (AvgIpc) is 3.52. The van der Waals surface area contributed by atoms with Crippen molar-refractivity contribution < 1.29 is 4.42 Å². The van der Waals surface area contributed by atoms with Gasteiger partial charge in [-0.15, -0.1) is 0 Å². The van der Waals surface area contributed by atoms with Crippen LogP contribution in [0.2, 0.25) is 0 Å². The molecule has 0 amide bonds. The van der Waals surface area contributed by atoms with Crippen LogP contribution in [0.5, 0.6) is 0 Å². The maximum absolute atomic E-state index is 6.49. The van der Waals surface area contributed by atoms with Gasteiger partial charge < -0.3 is 4.42 Å². The van der Waals surface area contributed by atoms with Gasteiger partial charge in [-0.3, -0.25) is 9.98 Å². The highest BCUT2D eigenvalue weighted by Gasteiger charge is 2.33. The molecule has 2 aliphatic carbocycles. The average molecular weight is 598 g/mol. The lowest BCUT2D eigenvalue weighted by molar-refractivity contribution is 0.516. The SMILES string of the molecule is C=NC(c1ccc(-c2ccccc2)cc1)C1CCC=CC1=NCc1cccc(C2=NC3=CC=CCC3c3c2oc2ccccc32)c1. The summed E-state index contributed by atoms with van der Waals surface area (Å²) in [5.74, 6) is 1.28. The molecule has 0 spiro atoms. The lowest BCUT2D eigenvalue weighted by atomic mass is 9.82. The molecule has 3 atom stereocenters. The number of furan rings is 1. The molecule has 3 aliphatic rings. The van der Waals surface area contributed by atoms with E-state index in [1.807, 2.05) is 12.1 Å². The van der Waals surface area contributed by atoms with Crippen LogP contribution in [0, 0.1) is 5.92 Å². The van der Waals surface area contributed by atoms with Crippen molar-refractivity contribution in [1.29, 1.82) is 0 Å². The molecule has 0 fully saturated rings. The summed E-state index contributed by atoms with van der Waals surface area (Å²) in [6, 6.07) is 36.1. The molecule has 4 heteroatoms. The van der Waals surface area contributed by atoms with E-state index in [2.05, 4.69) is 133 Å². The van der Waals surface area contributed by atoms with Gasteiger partial charge in [-0.2, -0.15) is 0 Å². The zero-order valence-electron chi connectivity index (χ0n) is 25.7. The Bertz CT molecular complexity index is 2070. The highest BCUT2D eigenvalue weighted by Crippen LogP contribution is 2.44. The van der Waals surface area contributed by atoms with Crippen LogP contribution in [0.3, 0.4) is 0 Å². The molecule has 0 N–H and O–H groups in total. The maximum atomic E-state index is 6.49. The second kappa shape index (κ2) is 12.2. The minimum Gasteiger partial charge on any atom is -0.454 e. The summed E-state index contributed by atoms with van der Waals surface area (Å²) in [6.07, 6.45) is 13.8. The van der Waals surface area contributed by atoms with Crippen molar-refractivity contribution in [2.45, 2.75) is 37.8 Å². The number of rotatable bonds is 7. The van der Waals surface area contributed by atoms with E-state index in [0.717, 1.165) is 58.9 Å². The lowest BCUT2D eigenvalue weighted by Gasteiger charge is -2.27. The Morgan fingerprint density at radius 1 is 0.848 bits per heavy atom. The third-order valence-electron chi connectivity index (χ3n) is 9.46.